The molecule has 0 aliphatic rings. The Hall–Kier alpha value is -2.99. The van der Waals surface area contributed by atoms with E-state index in [1.165, 1.54) is 17.5 Å². The normalized spacial score (nSPS) is 16.7. The second-order valence-electron chi connectivity index (χ2n) is 14.6. The van der Waals surface area contributed by atoms with Crippen molar-refractivity contribution in [1.82, 2.24) is 0 Å². The number of hydrogen-bond donors (Lipinski definition) is 2. The Labute approximate surface area is 279 Å². The molecule has 0 fully saturated rings. The van der Waals surface area contributed by atoms with Gasteiger partial charge in [-0.1, -0.05) is 116 Å². The summed E-state index contributed by atoms with van der Waals surface area (Å²) in [6, 6.07) is 21.2. The van der Waals surface area contributed by atoms with Gasteiger partial charge in [0.2, 0.25) is 5.39 Å². The van der Waals surface area contributed by atoms with E-state index in [1.807, 2.05) is 26.0 Å². The van der Waals surface area contributed by atoms with Crippen LogP contribution in [0.3, 0.4) is 0 Å². The fraction of sp³-hybridized carbons (Fsp3) is 0.605. The van der Waals surface area contributed by atoms with E-state index < -0.39 is 14.4 Å². The van der Waals surface area contributed by atoms with Crippen molar-refractivity contribution in [2.24, 2.45) is 29.6 Å². The van der Waals surface area contributed by atoms with Gasteiger partial charge in [0.05, 0.1) is 7.11 Å². The Kier molecular flexibility index (Phi) is 15.7. The van der Waals surface area contributed by atoms with E-state index in [1.54, 1.807) is 0 Å². The molecular weight excluding hydrogens is 593 g/mol. The van der Waals surface area contributed by atoms with E-state index in [0.717, 1.165) is 19.3 Å². The Morgan fingerprint density at radius 3 is 1.85 bits per heavy atom. The fourth-order valence-electron chi connectivity index (χ4n) is 6.92. The van der Waals surface area contributed by atoms with Gasteiger partial charge < -0.3 is 19.4 Å². The van der Waals surface area contributed by atoms with Crippen LogP contribution in [0, 0.1) is 35.0 Å². The first-order chi connectivity index (χ1) is 21.7. The number of aliphatic hydroxyl groups excluding tert-OH is 2. The van der Waals surface area contributed by atoms with Gasteiger partial charge in [-0.2, -0.15) is 0 Å². The highest BCUT2D eigenvalue weighted by molar-refractivity contribution is 6.99. The summed E-state index contributed by atoms with van der Waals surface area (Å²) in [6.07, 6.45) is 3.12. The quantitative estimate of drug-likeness (QED) is 0.0728. The van der Waals surface area contributed by atoms with Gasteiger partial charge in [0.25, 0.3) is 8.32 Å². The molecule has 0 radical (unpaired) electrons. The lowest BCUT2D eigenvalue weighted by molar-refractivity contribution is -0.140. The minimum absolute atomic E-state index is 0.0540. The lowest BCUT2D eigenvalue weighted by Crippen LogP contribution is -2.66. The van der Waals surface area contributed by atoms with Gasteiger partial charge in [-0.25, -0.2) is 0 Å². The van der Waals surface area contributed by atoms with Crippen molar-refractivity contribution in [3.8, 4) is 0 Å². The Balaban J connectivity index is 2.07. The van der Waals surface area contributed by atoms with Crippen molar-refractivity contribution in [3.05, 3.63) is 77.1 Å². The maximum Gasteiger partial charge on any atom is 0.426 e. The van der Waals surface area contributed by atoms with Crippen molar-refractivity contribution >= 4 is 24.7 Å². The largest absolute Gasteiger partial charge is 0.505 e. The summed E-state index contributed by atoms with van der Waals surface area (Å²) in [5.41, 5.74) is -0.0540. The number of ether oxygens (including phenoxy) is 1. The molecule has 0 saturated heterocycles. The van der Waals surface area contributed by atoms with Crippen molar-refractivity contribution < 1.29 is 24.2 Å². The van der Waals surface area contributed by atoms with Gasteiger partial charge in [-0.05, 0) is 71.2 Å². The molecule has 254 valence electrons. The van der Waals surface area contributed by atoms with E-state index >= 15 is 0 Å². The topological polar surface area (TPSA) is 104 Å². The maximum absolute atomic E-state index is 11.5. The number of esters is 1. The number of diazo groups is 1. The summed E-state index contributed by atoms with van der Waals surface area (Å²) in [5, 5.41) is 34.5. The van der Waals surface area contributed by atoms with Gasteiger partial charge in [0.15, 0.2) is 16.8 Å². The van der Waals surface area contributed by atoms with Crippen LogP contribution in [0.2, 0.25) is 5.04 Å². The summed E-state index contributed by atoms with van der Waals surface area (Å²) >= 11 is 0. The average molecular weight is 652 g/mol. The monoisotopic (exact) mass is 651 g/mol. The number of carbonyl (C=O) groups is 1. The minimum atomic E-state index is -2.63. The molecular formula is C38H59N2O5Si+. The third-order valence-corrected chi connectivity index (χ3v) is 14.4. The molecule has 1 unspecified atom stereocenters. The molecule has 6 atom stereocenters. The molecule has 0 heterocycles. The molecule has 8 heteroatoms. The standard InChI is InChI=1S/C38H58N2O5Si/c1-27(20-21-34(41)44-9)24-29(3)26-31(5)37(43)35(40-39)36(42)30(4)25-28(2)22-23-45-46(38(6,7)8,32-16-12-10-13-17-32)33-18-14-11-15-19-33/h10-19,27-31,37,43H,20-26H2,1-9H3/p+1/b36-35+/t27-,28-,29+,30-,31+,37?/m1/s1. The van der Waals surface area contributed by atoms with Crippen LogP contribution in [-0.2, 0) is 14.0 Å². The van der Waals surface area contributed by atoms with Crippen molar-refractivity contribution in [1.29, 1.82) is 5.39 Å². The number of allylic oxidation sites excluding steroid dienone is 1. The van der Waals surface area contributed by atoms with Crippen LogP contribution in [0.1, 0.15) is 93.9 Å². The number of methoxy groups -OCH3 is 1. The Bertz CT molecular complexity index is 1230. The fourth-order valence-corrected chi connectivity index (χ4v) is 11.5. The molecule has 0 aliphatic heterocycles. The summed E-state index contributed by atoms with van der Waals surface area (Å²) in [4.78, 5) is 14.8. The zero-order chi connectivity index (χ0) is 34.5. The first kappa shape index (κ1) is 39.2. The molecule has 0 amide bonds. The van der Waals surface area contributed by atoms with Gasteiger partial charge in [-0.3, -0.25) is 4.79 Å². The highest BCUT2D eigenvalue weighted by atomic mass is 28.4. The van der Waals surface area contributed by atoms with E-state index in [4.69, 9.17) is 9.16 Å². The number of rotatable bonds is 18. The van der Waals surface area contributed by atoms with Crippen LogP contribution in [0.5, 0.6) is 0 Å². The van der Waals surface area contributed by atoms with Crippen LogP contribution in [-0.4, -0.2) is 44.3 Å². The number of hydrogen-bond acceptors (Lipinski definition) is 6. The minimum Gasteiger partial charge on any atom is -0.505 e. The van der Waals surface area contributed by atoms with Crippen LogP contribution < -0.4 is 10.4 Å². The van der Waals surface area contributed by atoms with E-state index in [2.05, 4.69) is 95.0 Å². The second-order valence-corrected chi connectivity index (χ2v) is 18.9. The van der Waals surface area contributed by atoms with Gasteiger partial charge in [0, 0.05) is 18.9 Å². The van der Waals surface area contributed by atoms with Crippen LogP contribution in [0.15, 0.2) is 72.1 Å². The summed E-state index contributed by atoms with van der Waals surface area (Å²) < 4.78 is 11.8. The third-order valence-electron chi connectivity index (χ3n) is 9.41. The molecule has 7 nitrogen and oxygen atoms in total. The molecule has 2 aromatic rings. The van der Waals surface area contributed by atoms with Gasteiger partial charge in [0.1, 0.15) is 0 Å². The highest BCUT2D eigenvalue weighted by Crippen LogP contribution is 2.37. The van der Waals surface area contributed by atoms with Crippen molar-refractivity contribution in [2.75, 3.05) is 13.7 Å². The van der Waals surface area contributed by atoms with E-state index in [0.29, 0.717) is 31.8 Å². The first-order valence-corrected chi connectivity index (χ1v) is 18.9. The SMILES string of the molecule is COC(=O)CC[C@@H](C)C[C@H](C)C[C@H](C)C(O)/C([N+]#N)=C(\O)[C@H](C)C[C@H](C)CCO[Si](c1ccccc1)(c1ccccc1)C(C)(C)C. The van der Waals surface area contributed by atoms with Crippen LogP contribution >= 0.6 is 0 Å². The molecule has 2 aromatic carbocycles. The maximum atomic E-state index is 11.5. The zero-order valence-electron chi connectivity index (χ0n) is 29.7. The summed E-state index contributed by atoms with van der Waals surface area (Å²) in [6.45, 7) is 17.6. The first-order valence-electron chi connectivity index (χ1n) is 17.0. The van der Waals surface area contributed by atoms with Crippen molar-refractivity contribution in [3.63, 3.8) is 0 Å². The summed E-state index contributed by atoms with van der Waals surface area (Å²) in [5.74, 6) is 0.0518. The molecule has 0 spiro atoms. The lowest BCUT2D eigenvalue weighted by Gasteiger charge is -2.43. The third kappa shape index (κ3) is 10.8. The predicted octanol–water partition coefficient (Wildman–Crippen LogP) is 8.24. The lowest BCUT2D eigenvalue weighted by atomic mass is 9.84. The number of benzene rings is 2. The summed E-state index contributed by atoms with van der Waals surface area (Å²) in [7, 11) is -1.22. The zero-order valence-corrected chi connectivity index (χ0v) is 30.7. The molecule has 0 aromatic heterocycles. The predicted molar refractivity (Wildman–Crippen MR) is 190 cm³/mol. The van der Waals surface area contributed by atoms with Gasteiger partial charge >= 0.3 is 11.7 Å². The van der Waals surface area contributed by atoms with Gasteiger partial charge in [-0.15, -0.1) is 0 Å². The number of nitrogens with zero attached hydrogens (tertiary/aromatic N) is 2. The van der Waals surface area contributed by atoms with Crippen LogP contribution in [0.4, 0.5) is 0 Å². The molecule has 46 heavy (non-hydrogen) atoms. The molecule has 0 bridgehead atoms. The second kappa shape index (κ2) is 18.4. The highest BCUT2D eigenvalue weighted by Gasteiger charge is 2.50. The van der Waals surface area contributed by atoms with Crippen LogP contribution in [0.25, 0.3) is 4.98 Å². The average Bonchev–Trinajstić information content (AvgIpc) is 3.02. The smallest absolute Gasteiger partial charge is 0.426 e. The van der Waals surface area contributed by atoms with E-state index in [-0.39, 0.29) is 46.1 Å². The number of carbonyl (C=O) groups excluding carboxylic acids is 1. The van der Waals surface area contributed by atoms with Crippen molar-refractivity contribution in [2.45, 2.75) is 105 Å². The Morgan fingerprint density at radius 1 is 0.848 bits per heavy atom. The molecule has 0 aliphatic carbocycles. The molecule has 0 saturated carbocycles. The number of aliphatic hydroxyl groups is 2. The van der Waals surface area contributed by atoms with E-state index in [9.17, 15) is 20.4 Å². The molecule has 2 N–H and O–H groups in total. The Morgan fingerprint density at radius 2 is 1.37 bits per heavy atom. The molecule has 2 rings (SSSR count).